The van der Waals surface area contributed by atoms with Crippen molar-refractivity contribution in [1.29, 1.82) is 0 Å². The van der Waals surface area contributed by atoms with Crippen LogP contribution in [0.2, 0.25) is 0 Å². The summed E-state index contributed by atoms with van der Waals surface area (Å²) in [5, 5.41) is 2.45. The van der Waals surface area contributed by atoms with Crippen LogP contribution in [0.5, 0.6) is 0 Å². The molecule has 252 valence electrons. The number of aliphatic imine (C=N–C) groups is 2. The van der Waals surface area contributed by atoms with E-state index in [1.807, 2.05) is 0 Å². The molecule has 52 heavy (non-hydrogen) atoms. The summed E-state index contributed by atoms with van der Waals surface area (Å²) in [7, 11) is 0. The van der Waals surface area contributed by atoms with Gasteiger partial charge in [0, 0.05) is 22.0 Å². The van der Waals surface area contributed by atoms with Gasteiger partial charge in [0.1, 0.15) is 5.84 Å². The van der Waals surface area contributed by atoms with E-state index in [1.165, 1.54) is 66.4 Å². The molecule has 2 aliphatic carbocycles. The topological polar surface area (TPSA) is 50.7 Å². The van der Waals surface area contributed by atoms with Crippen molar-refractivity contribution in [1.82, 2.24) is 0 Å². The Hall–Kier alpha value is -6.06. The minimum Gasteiger partial charge on any atom is -0.383 e. The fourth-order valence-corrected chi connectivity index (χ4v) is 8.72. The average Bonchev–Trinajstić information content (AvgIpc) is 3.56. The van der Waals surface area contributed by atoms with Crippen molar-refractivity contribution in [2.45, 2.75) is 45.1 Å². The van der Waals surface area contributed by atoms with E-state index >= 15 is 0 Å². The molecule has 0 spiro atoms. The van der Waals surface area contributed by atoms with Gasteiger partial charge in [-0.2, -0.15) is 0 Å². The summed E-state index contributed by atoms with van der Waals surface area (Å²) in [6.45, 7) is 9.73. The first-order chi connectivity index (χ1) is 25.2. The fourth-order valence-electron chi connectivity index (χ4n) is 8.72. The minimum atomic E-state index is -0.144. The summed E-state index contributed by atoms with van der Waals surface area (Å²) in [6.07, 6.45) is 0. The fraction of sp³-hybridized carbons (Fsp3) is 0.143. The van der Waals surface area contributed by atoms with Crippen LogP contribution in [-0.4, -0.2) is 11.7 Å². The summed E-state index contributed by atoms with van der Waals surface area (Å²) >= 11 is 0. The van der Waals surface area contributed by atoms with Gasteiger partial charge >= 0.3 is 0 Å². The van der Waals surface area contributed by atoms with Crippen LogP contribution in [-0.2, 0) is 17.4 Å². The lowest BCUT2D eigenvalue weighted by Crippen LogP contribution is -2.17. The number of nitrogens with two attached hydrogens (primary N) is 1. The maximum absolute atomic E-state index is 6.93. The second kappa shape index (κ2) is 12.0. The van der Waals surface area contributed by atoms with Crippen molar-refractivity contribution in [3.8, 4) is 33.4 Å². The molecular formula is C49H41N3. The van der Waals surface area contributed by atoms with Crippen LogP contribution in [0.4, 0.5) is 0 Å². The Balaban J connectivity index is 1.17. The molecule has 0 radical (unpaired) electrons. The average molecular weight is 672 g/mol. The van der Waals surface area contributed by atoms with Crippen LogP contribution in [0.3, 0.4) is 0 Å². The van der Waals surface area contributed by atoms with Crippen LogP contribution >= 0.6 is 0 Å². The molecule has 0 fully saturated rings. The van der Waals surface area contributed by atoms with Crippen molar-refractivity contribution in [2.75, 3.05) is 0 Å². The molecule has 0 amide bonds. The van der Waals surface area contributed by atoms with E-state index in [-0.39, 0.29) is 10.8 Å². The van der Waals surface area contributed by atoms with Crippen molar-refractivity contribution >= 4 is 22.4 Å². The van der Waals surface area contributed by atoms with Crippen molar-refractivity contribution in [3.63, 3.8) is 0 Å². The van der Waals surface area contributed by atoms with Gasteiger partial charge in [-0.25, -0.2) is 4.99 Å². The smallest absolute Gasteiger partial charge is 0.157 e. The van der Waals surface area contributed by atoms with E-state index < -0.39 is 0 Å². The third-order valence-corrected chi connectivity index (χ3v) is 11.4. The molecular weight excluding hydrogens is 631 g/mol. The van der Waals surface area contributed by atoms with Crippen LogP contribution in [0.25, 0.3) is 44.2 Å². The third-order valence-electron chi connectivity index (χ3n) is 11.4. The lowest BCUT2D eigenvalue weighted by molar-refractivity contribution is 0.660. The second-order valence-corrected chi connectivity index (χ2v) is 15.1. The molecule has 3 heteroatoms. The first kappa shape index (κ1) is 31.9. The van der Waals surface area contributed by atoms with Gasteiger partial charge in [0.15, 0.2) is 5.84 Å². The molecule has 0 saturated heterocycles. The highest BCUT2D eigenvalue weighted by atomic mass is 15.0. The van der Waals surface area contributed by atoms with Gasteiger partial charge in [-0.15, -0.1) is 0 Å². The Morgan fingerprint density at radius 2 is 1.06 bits per heavy atom. The van der Waals surface area contributed by atoms with Crippen LogP contribution in [0.15, 0.2) is 162 Å². The molecule has 9 rings (SSSR count). The van der Waals surface area contributed by atoms with E-state index in [0.717, 1.165) is 16.7 Å². The van der Waals surface area contributed by atoms with Crippen LogP contribution < -0.4 is 5.73 Å². The molecule has 7 aromatic carbocycles. The monoisotopic (exact) mass is 671 g/mol. The first-order valence-corrected chi connectivity index (χ1v) is 18.2. The molecule has 3 nitrogen and oxygen atoms in total. The van der Waals surface area contributed by atoms with Crippen LogP contribution in [0.1, 0.15) is 66.6 Å². The molecule has 7 aromatic rings. The predicted octanol–water partition coefficient (Wildman–Crippen LogP) is 11.5. The largest absolute Gasteiger partial charge is 0.383 e. The second-order valence-electron chi connectivity index (χ2n) is 15.1. The first-order valence-electron chi connectivity index (χ1n) is 18.2. The van der Waals surface area contributed by atoms with Gasteiger partial charge in [-0.1, -0.05) is 179 Å². The van der Waals surface area contributed by atoms with E-state index in [9.17, 15) is 0 Å². The Labute approximate surface area is 306 Å². The minimum absolute atomic E-state index is 0.0786. The molecule has 0 unspecified atom stereocenters. The molecule has 0 bridgehead atoms. The van der Waals surface area contributed by atoms with E-state index in [2.05, 4.69) is 179 Å². The standard InChI is InChI=1S/C49H41N3/c1-48(2)40-22-9-7-18-37(40)44-34(16-12-24-42(44)48)30-51-47(39-21-13-25-43-45(39)38-19-8-10-23-41(38)49(43,3)4)52-46(50)33-28-26-32(27-29-33)36-20-11-15-31-14-5-6-17-35(31)36/h5-29H,30H2,1-4H3,(H2,50,51,52). The van der Waals surface area contributed by atoms with E-state index in [1.54, 1.807) is 0 Å². The van der Waals surface area contributed by atoms with E-state index in [0.29, 0.717) is 18.2 Å². The zero-order valence-electron chi connectivity index (χ0n) is 30.1. The van der Waals surface area contributed by atoms with E-state index in [4.69, 9.17) is 15.7 Å². The summed E-state index contributed by atoms with van der Waals surface area (Å²) < 4.78 is 0. The predicted molar refractivity (Wildman–Crippen MR) is 218 cm³/mol. The zero-order valence-corrected chi connectivity index (χ0v) is 30.1. The molecule has 2 aliphatic rings. The maximum atomic E-state index is 6.93. The lowest BCUT2D eigenvalue weighted by atomic mass is 9.82. The lowest BCUT2D eigenvalue weighted by Gasteiger charge is -2.21. The number of fused-ring (bicyclic) bond motifs is 7. The zero-order chi connectivity index (χ0) is 35.6. The SMILES string of the molecule is CC1(C)c2ccccc2-c2c(CN=C(N=C(N)c3ccc(-c4cccc5ccccc45)cc3)c3cccc4c3-c3ccccc3C4(C)C)cccc21. The normalized spacial score (nSPS) is 15.2. The third kappa shape index (κ3) is 4.95. The van der Waals surface area contributed by atoms with Gasteiger partial charge in [-0.3, -0.25) is 4.99 Å². The van der Waals surface area contributed by atoms with Gasteiger partial charge in [-0.05, 0) is 72.0 Å². The van der Waals surface area contributed by atoms with Crippen LogP contribution in [0, 0.1) is 0 Å². The Kier molecular flexibility index (Phi) is 7.37. The highest BCUT2D eigenvalue weighted by Crippen LogP contribution is 2.51. The van der Waals surface area contributed by atoms with Crippen molar-refractivity contribution < 1.29 is 0 Å². The summed E-state index contributed by atoms with van der Waals surface area (Å²) in [5.74, 6) is 1.08. The summed E-state index contributed by atoms with van der Waals surface area (Å²) in [5.41, 5.74) is 22.4. The number of benzene rings is 7. The number of rotatable bonds is 5. The van der Waals surface area contributed by atoms with Gasteiger partial charge < -0.3 is 5.73 Å². The van der Waals surface area contributed by atoms with Crippen molar-refractivity contribution in [2.24, 2.45) is 15.7 Å². The highest BCUT2D eigenvalue weighted by Gasteiger charge is 2.38. The molecule has 0 aliphatic heterocycles. The maximum Gasteiger partial charge on any atom is 0.157 e. The Morgan fingerprint density at radius 1 is 0.519 bits per heavy atom. The molecule has 0 atom stereocenters. The number of amidine groups is 2. The number of nitrogens with zero attached hydrogens (tertiary/aromatic N) is 2. The molecule has 0 saturated carbocycles. The quantitative estimate of drug-likeness (QED) is 0.144. The van der Waals surface area contributed by atoms with Gasteiger partial charge in [0.2, 0.25) is 0 Å². The Morgan fingerprint density at radius 3 is 1.79 bits per heavy atom. The van der Waals surface area contributed by atoms with Gasteiger partial charge in [0.05, 0.1) is 6.54 Å². The molecule has 0 aromatic heterocycles. The summed E-state index contributed by atoms with van der Waals surface area (Å²) in [6, 6.07) is 54.1. The molecule has 2 N–H and O–H groups in total. The molecule has 0 heterocycles. The number of hydrogen-bond acceptors (Lipinski definition) is 1. The summed E-state index contributed by atoms with van der Waals surface area (Å²) in [4.78, 5) is 10.6. The highest BCUT2D eigenvalue weighted by molar-refractivity contribution is 6.14. The Bertz CT molecular complexity index is 2600. The van der Waals surface area contributed by atoms with Gasteiger partial charge in [0.25, 0.3) is 0 Å². The van der Waals surface area contributed by atoms with Crippen molar-refractivity contribution in [3.05, 3.63) is 191 Å². The number of hydrogen-bond donors (Lipinski definition) is 1.